The van der Waals surface area contributed by atoms with Gasteiger partial charge < -0.3 is 0 Å². The highest BCUT2D eigenvalue weighted by Gasteiger charge is 2.50. The van der Waals surface area contributed by atoms with Crippen molar-refractivity contribution in [1.82, 2.24) is 0 Å². The summed E-state index contributed by atoms with van der Waals surface area (Å²) in [6.07, 6.45) is 0. The van der Waals surface area contributed by atoms with Crippen molar-refractivity contribution < 1.29 is 0 Å². The van der Waals surface area contributed by atoms with E-state index in [9.17, 15) is 0 Å². The van der Waals surface area contributed by atoms with Gasteiger partial charge in [0.25, 0.3) is 0 Å². The van der Waals surface area contributed by atoms with Gasteiger partial charge in [0.05, 0.1) is 5.41 Å². The first-order valence-electron chi connectivity index (χ1n) is 10.9. The van der Waals surface area contributed by atoms with Crippen LogP contribution in [0.25, 0.3) is 21.9 Å². The van der Waals surface area contributed by atoms with Crippen molar-refractivity contribution in [2.24, 2.45) is 0 Å². The van der Waals surface area contributed by atoms with Gasteiger partial charge in [-0.2, -0.15) is 0 Å². The molecule has 150 valence electrons. The fourth-order valence-corrected chi connectivity index (χ4v) is 7.39. The molecule has 1 heterocycles. The first-order chi connectivity index (χ1) is 16.1. The van der Waals surface area contributed by atoms with E-state index < -0.39 is 5.41 Å². The van der Waals surface area contributed by atoms with Crippen LogP contribution in [0.15, 0.2) is 105 Å². The Morgan fingerprint density at radius 3 is 2.42 bits per heavy atom. The maximum atomic E-state index is 6.60. The van der Waals surface area contributed by atoms with Crippen LogP contribution in [0.3, 0.4) is 0 Å². The lowest BCUT2D eigenvalue weighted by molar-refractivity contribution is 0.725. The molecule has 4 radical (unpaired) electrons. The third-order valence-corrected chi connectivity index (χ3v) is 8.76. The molecule has 2 aliphatic rings. The van der Waals surface area contributed by atoms with E-state index in [2.05, 4.69) is 101 Å². The summed E-state index contributed by atoms with van der Waals surface area (Å²) in [5.74, 6) is 0. The minimum Gasteiger partial charge on any atom is -0.0968 e. The molecule has 0 N–H and O–H groups in total. The highest BCUT2D eigenvalue weighted by molar-refractivity contribution is 9.10. The normalized spacial score (nSPS) is 17.5. The molecule has 4 heteroatoms. The SMILES string of the molecule is [B]c1cc([B])c2c(c1)C1(c3ccccc3S2)c2cc(Br)ccc2-c2c1ccc1ccccc21. The smallest absolute Gasteiger partial charge is 0.0968 e. The average molecular weight is 497 g/mol. The zero-order chi connectivity index (χ0) is 22.3. The number of halogens is 1. The third-order valence-electron chi connectivity index (χ3n) is 7.04. The Balaban J connectivity index is 1.76. The molecule has 1 aliphatic heterocycles. The molecule has 0 saturated carbocycles. The van der Waals surface area contributed by atoms with Crippen molar-refractivity contribution in [1.29, 1.82) is 0 Å². The van der Waals surface area contributed by atoms with E-state index in [-0.39, 0.29) is 0 Å². The van der Waals surface area contributed by atoms with Gasteiger partial charge in [0.1, 0.15) is 15.7 Å². The highest BCUT2D eigenvalue weighted by Crippen LogP contribution is 2.62. The van der Waals surface area contributed by atoms with Crippen LogP contribution in [0, 0.1) is 0 Å². The van der Waals surface area contributed by atoms with Crippen molar-refractivity contribution in [2.75, 3.05) is 0 Å². The van der Waals surface area contributed by atoms with Gasteiger partial charge in [-0.25, -0.2) is 0 Å². The Labute approximate surface area is 208 Å². The largest absolute Gasteiger partial charge is 0.115 e. The van der Waals surface area contributed by atoms with Gasteiger partial charge in [0.15, 0.2) is 0 Å². The summed E-state index contributed by atoms with van der Waals surface area (Å²) in [4.78, 5) is 2.32. The van der Waals surface area contributed by atoms with Gasteiger partial charge in [0, 0.05) is 14.3 Å². The molecule has 0 bridgehead atoms. The molecular weight excluding hydrogens is 482 g/mol. The minimum atomic E-state index is -0.487. The van der Waals surface area contributed by atoms with Crippen molar-refractivity contribution in [2.45, 2.75) is 15.2 Å². The van der Waals surface area contributed by atoms with E-state index in [1.54, 1.807) is 11.8 Å². The van der Waals surface area contributed by atoms with Crippen LogP contribution in [0.1, 0.15) is 22.3 Å². The van der Waals surface area contributed by atoms with Gasteiger partial charge in [0.2, 0.25) is 0 Å². The molecule has 5 aromatic rings. The van der Waals surface area contributed by atoms with E-state index in [0.717, 1.165) is 20.4 Å². The molecule has 0 nitrogen and oxygen atoms in total. The van der Waals surface area contributed by atoms with E-state index in [1.165, 1.54) is 43.5 Å². The Morgan fingerprint density at radius 2 is 1.52 bits per heavy atom. The summed E-state index contributed by atoms with van der Waals surface area (Å²) in [7, 11) is 13.0. The molecular formula is C29H15B2BrS. The van der Waals surface area contributed by atoms with E-state index in [0.29, 0.717) is 5.46 Å². The predicted octanol–water partition coefficient (Wildman–Crippen LogP) is 6.02. The quantitative estimate of drug-likeness (QED) is 0.231. The van der Waals surface area contributed by atoms with Crippen LogP contribution < -0.4 is 10.9 Å². The van der Waals surface area contributed by atoms with Crippen LogP contribution in [0.4, 0.5) is 0 Å². The average Bonchev–Trinajstić information content (AvgIpc) is 3.11. The summed E-state index contributed by atoms with van der Waals surface area (Å²) < 4.78 is 1.06. The fourth-order valence-electron chi connectivity index (χ4n) is 5.83. The molecule has 1 atom stereocenters. The monoisotopic (exact) mass is 496 g/mol. The summed E-state index contributed by atoms with van der Waals surface area (Å²) in [5.41, 5.74) is 8.49. The fraction of sp³-hybridized carbons (Fsp3) is 0.0345. The van der Waals surface area contributed by atoms with Crippen molar-refractivity contribution in [3.05, 3.63) is 118 Å². The Bertz CT molecular complexity index is 1640. The lowest BCUT2D eigenvalue weighted by Gasteiger charge is -2.40. The molecule has 0 amide bonds. The minimum absolute atomic E-state index is 0.487. The summed E-state index contributed by atoms with van der Waals surface area (Å²) in [6, 6.07) is 32.6. The topological polar surface area (TPSA) is 0 Å². The summed E-state index contributed by atoms with van der Waals surface area (Å²) in [6.45, 7) is 0. The van der Waals surface area contributed by atoms with E-state index in [1.807, 2.05) is 6.07 Å². The lowest BCUT2D eigenvalue weighted by atomic mass is 9.65. The summed E-state index contributed by atoms with van der Waals surface area (Å²) >= 11 is 5.51. The Kier molecular flexibility index (Phi) is 4.14. The van der Waals surface area contributed by atoms with Gasteiger partial charge >= 0.3 is 0 Å². The maximum absolute atomic E-state index is 6.60. The first kappa shape index (κ1) is 19.8. The summed E-state index contributed by atoms with van der Waals surface area (Å²) in [5, 5.41) is 2.51. The van der Waals surface area contributed by atoms with Crippen LogP contribution in [0.2, 0.25) is 0 Å². The second-order valence-electron chi connectivity index (χ2n) is 8.73. The van der Waals surface area contributed by atoms with Crippen LogP contribution in [0.5, 0.6) is 0 Å². The van der Waals surface area contributed by atoms with E-state index in [4.69, 9.17) is 15.7 Å². The molecule has 33 heavy (non-hydrogen) atoms. The van der Waals surface area contributed by atoms with Crippen LogP contribution >= 0.6 is 27.7 Å². The standard InChI is InChI=1S/C29H15B2BrS/c30-17-13-24-28(25(31)14-17)33-26-8-4-3-7-21(26)29(24)22-12-9-16-5-1-2-6-19(16)27(22)20-11-10-18(32)15-23(20)29/h1-15H. The van der Waals surface area contributed by atoms with Gasteiger partial charge in [-0.3, -0.25) is 0 Å². The zero-order valence-corrected chi connectivity index (χ0v) is 20.0. The molecule has 0 aromatic heterocycles. The van der Waals surface area contributed by atoms with Crippen LogP contribution in [-0.4, -0.2) is 15.7 Å². The number of benzene rings is 5. The lowest BCUT2D eigenvalue weighted by Crippen LogP contribution is -2.36. The predicted molar refractivity (Wildman–Crippen MR) is 144 cm³/mol. The van der Waals surface area contributed by atoms with Gasteiger partial charge in [-0.05, 0) is 62.4 Å². The molecule has 0 fully saturated rings. The molecule has 5 aromatic carbocycles. The van der Waals surface area contributed by atoms with Crippen molar-refractivity contribution in [3.8, 4) is 11.1 Å². The first-order valence-corrected chi connectivity index (χ1v) is 12.5. The van der Waals surface area contributed by atoms with Crippen molar-refractivity contribution in [3.63, 3.8) is 0 Å². The molecule has 7 rings (SSSR count). The van der Waals surface area contributed by atoms with E-state index >= 15 is 0 Å². The van der Waals surface area contributed by atoms with Crippen LogP contribution in [-0.2, 0) is 5.41 Å². The van der Waals surface area contributed by atoms with Gasteiger partial charge in [-0.15, -0.1) is 0 Å². The molecule has 0 saturated heterocycles. The molecule has 1 spiro atoms. The molecule has 1 unspecified atom stereocenters. The Hall–Kier alpha value is -2.68. The maximum Gasteiger partial charge on any atom is 0.115 e. The number of hydrogen-bond donors (Lipinski definition) is 0. The van der Waals surface area contributed by atoms with Crippen molar-refractivity contribution >= 4 is 65.1 Å². The zero-order valence-electron chi connectivity index (χ0n) is 17.6. The Morgan fingerprint density at radius 1 is 0.697 bits per heavy atom. The number of fused-ring (bicyclic) bond motifs is 11. The highest BCUT2D eigenvalue weighted by atomic mass is 79.9. The number of rotatable bonds is 0. The second-order valence-corrected chi connectivity index (χ2v) is 10.7. The molecule has 1 aliphatic carbocycles. The third kappa shape index (κ3) is 2.51. The second kappa shape index (κ2) is 6.91. The number of hydrogen-bond acceptors (Lipinski definition) is 1. The van der Waals surface area contributed by atoms with Gasteiger partial charge in [-0.1, -0.05) is 111 Å².